The minimum Gasteiger partial charge on any atom is -0.495 e. The monoisotopic (exact) mass is 375 g/mol. The molecule has 0 saturated carbocycles. The van der Waals surface area contributed by atoms with Crippen LogP contribution in [-0.4, -0.2) is 13.0 Å². The van der Waals surface area contributed by atoms with Crippen LogP contribution in [0, 0.1) is 18.3 Å². The van der Waals surface area contributed by atoms with E-state index in [-0.39, 0.29) is 5.69 Å². The normalized spacial score (nSPS) is 11.5. The molecule has 0 radical (unpaired) electrons. The fraction of sp³-hybridized carbons (Fsp3) is 0.158. The Hall–Kier alpha value is -3.47. The zero-order chi connectivity index (χ0) is 20.0. The van der Waals surface area contributed by atoms with E-state index in [9.17, 15) is 23.2 Å². The molecular weight excluding hydrogens is 359 g/mol. The van der Waals surface area contributed by atoms with Crippen molar-refractivity contribution < 1.29 is 22.7 Å². The molecule has 0 atom stereocenters. The molecule has 0 heterocycles. The van der Waals surface area contributed by atoms with E-state index in [1.165, 1.54) is 25.3 Å². The molecule has 0 saturated heterocycles. The number of aryl methyl sites for hydroxylation is 1. The number of carbonyl (C=O) groups is 1. The second kappa shape index (κ2) is 8.27. The van der Waals surface area contributed by atoms with E-state index in [2.05, 4.69) is 10.6 Å². The summed E-state index contributed by atoms with van der Waals surface area (Å²) in [5.74, 6) is -0.389. The maximum absolute atomic E-state index is 13.0. The number of nitriles is 1. The summed E-state index contributed by atoms with van der Waals surface area (Å²) in [5.41, 5.74) is -0.362. The molecule has 0 spiro atoms. The van der Waals surface area contributed by atoms with Crippen LogP contribution in [0.25, 0.3) is 0 Å². The number of nitrogens with zero attached hydrogens (tertiary/aromatic N) is 1. The van der Waals surface area contributed by atoms with Gasteiger partial charge < -0.3 is 15.4 Å². The average Bonchev–Trinajstić information content (AvgIpc) is 2.62. The van der Waals surface area contributed by atoms with Crippen molar-refractivity contribution in [1.29, 1.82) is 5.26 Å². The highest BCUT2D eigenvalue weighted by molar-refractivity contribution is 6.07. The van der Waals surface area contributed by atoms with Gasteiger partial charge in [-0.2, -0.15) is 18.4 Å². The van der Waals surface area contributed by atoms with Crippen molar-refractivity contribution in [3.63, 3.8) is 0 Å². The standard InChI is InChI=1S/C19H16F3N3O2/c1-12-7-8-17(27-2)16(9-12)25-18(26)13(10-23)11-24-15-6-4-3-5-14(15)19(20,21)22/h3-9,11,24H,1-2H3,(H,25,26)/b13-11-. The van der Waals surface area contributed by atoms with Crippen LogP contribution in [0.1, 0.15) is 11.1 Å². The number of methoxy groups -OCH3 is 1. The smallest absolute Gasteiger partial charge is 0.418 e. The fourth-order valence-electron chi connectivity index (χ4n) is 2.26. The van der Waals surface area contributed by atoms with Gasteiger partial charge in [-0.3, -0.25) is 4.79 Å². The van der Waals surface area contributed by atoms with Crippen molar-refractivity contribution in [2.45, 2.75) is 13.1 Å². The van der Waals surface area contributed by atoms with Crippen LogP contribution >= 0.6 is 0 Å². The molecule has 140 valence electrons. The van der Waals surface area contributed by atoms with Gasteiger partial charge in [-0.05, 0) is 36.8 Å². The van der Waals surface area contributed by atoms with Crippen molar-refractivity contribution in [3.05, 3.63) is 65.4 Å². The number of benzene rings is 2. The Morgan fingerprint density at radius 1 is 1.19 bits per heavy atom. The Balaban J connectivity index is 2.24. The number of amides is 1. The van der Waals surface area contributed by atoms with E-state index in [1.807, 2.05) is 6.92 Å². The lowest BCUT2D eigenvalue weighted by Gasteiger charge is -2.13. The molecule has 2 aromatic rings. The number of ether oxygens (including phenoxy) is 1. The number of hydrogen-bond acceptors (Lipinski definition) is 4. The second-order valence-corrected chi connectivity index (χ2v) is 5.52. The molecule has 5 nitrogen and oxygen atoms in total. The molecule has 0 aliphatic heterocycles. The predicted octanol–water partition coefficient (Wildman–Crippen LogP) is 4.48. The van der Waals surface area contributed by atoms with Gasteiger partial charge in [0.05, 0.1) is 24.0 Å². The van der Waals surface area contributed by atoms with Crippen molar-refractivity contribution in [2.24, 2.45) is 0 Å². The van der Waals surface area contributed by atoms with Gasteiger partial charge in [-0.15, -0.1) is 0 Å². The summed E-state index contributed by atoms with van der Waals surface area (Å²) in [4.78, 5) is 12.3. The highest BCUT2D eigenvalue weighted by atomic mass is 19.4. The Bertz CT molecular complexity index is 915. The van der Waals surface area contributed by atoms with Gasteiger partial charge in [0, 0.05) is 6.20 Å². The first-order valence-corrected chi connectivity index (χ1v) is 7.75. The summed E-state index contributed by atoms with van der Waals surface area (Å²) in [5, 5.41) is 14.1. The van der Waals surface area contributed by atoms with Gasteiger partial charge >= 0.3 is 6.18 Å². The van der Waals surface area contributed by atoms with Crippen molar-refractivity contribution >= 4 is 17.3 Å². The number of hydrogen-bond donors (Lipinski definition) is 2. The van der Waals surface area contributed by atoms with Crippen LogP contribution in [0.3, 0.4) is 0 Å². The lowest BCUT2D eigenvalue weighted by Crippen LogP contribution is -2.16. The Labute approximate surface area is 154 Å². The van der Waals surface area contributed by atoms with Gasteiger partial charge in [0.15, 0.2) is 0 Å². The first kappa shape index (κ1) is 19.8. The molecule has 0 bridgehead atoms. The van der Waals surface area contributed by atoms with Gasteiger partial charge in [0.25, 0.3) is 5.91 Å². The number of para-hydroxylation sites is 1. The topological polar surface area (TPSA) is 74.1 Å². The second-order valence-electron chi connectivity index (χ2n) is 5.52. The molecule has 2 aromatic carbocycles. The molecule has 0 aromatic heterocycles. The van der Waals surface area contributed by atoms with Crippen molar-refractivity contribution in [2.75, 3.05) is 17.7 Å². The van der Waals surface area contributed by atoms with Crippen molar-refractivity contribution in [1.82, 2.24) is 0 Å². The van der Waals surface area contributed by atoms with E-state index in [0.29, 0.717) is 11.4 Å². The third-order valence-electron chi connectivity index (χ3n) is 3.57. The fourth-order valence-corrected chi connectivity index (χ4v) is 2.26. The van der Waals surface area contributed by atoms with Gasteiger partial charge in [-0.25, -0.2) is 0 Å². The third-order valence-corrected chi connectivity index (χ3v) is 3.57. The summed E-state index contributed by atoms with van der Waals surface area (Å²) >= 11 is 0. The number of alkyl halides is 3. The Kier molecular flexibility index (Phi) is 6.08. The Morgan fingerprint density at radius 3 is 2.52 bits per heavy atom. The molecule has 0 aliphatic rings. The van der Waals surface area contributed by atoms with Crippen LogP contribution in [0.15, 0.2) is 54.2 Å². The molecule has 27 heavy (non-hydrogen) atoms. The molecule has 0 aliphatic carbocycles. The largest absolute Gasteiger partial charge is 0.495 e. The van der Waals surface area contributed by atoms with Crippen LogP contribution in [0.4, 0.5) is 24.5 Å². The number of anilines is 2. The summed E-state index contributed by atoms with van der Waals surface area (Å²) in [6.07, 6.45) is -3.64. The molecule has 2 rings (SSSR count). The third kappa shape index (κ3) is 5.01. The van der Waals surface area contributed by atoms with Gasteiger partial charge in [-0.1, -0.05) is 18.2 Å². The van der Waals surface area contributed by atoms with Crippen LogP contribution < -0.4 is 15.4 Å². The number of nitrogens with one attached hydrogen (secondary N) is 2. The minimum atomic E-state index is -4.57. The average molecular weight is 375 g/mol. The number of halogens is 3. The molecular formula is C19H16F3N3O2. The summed E-state index contributed by atoms with van der Waals surface area (Å²) in [6.45, 7) is 1.81. The predicted molar refractivity (Wildman–Crippen MR) is 95.1 cm³/mol. The van der Waals surface area contributed by atoms with Gasteiger partial charge in [0.2, 0.25) is 0 Å². The summed E-state index contributed by atoms with van der Waals surface area (Å²) in [6, 6.07) is 11.5. The first-order valence-electron chi connectivity index (χ1n) is 7.75. The van der Waals surface area contributed by atoms with E-state index >= 15 is 0 Å². The highest BCUT2D eigenvalue weighted by Crippen LogP contribution is 2.34. The summed E-state index contributed by atoms with van der Waals surface area (Å²) < 4.78 is 44.1. The number of carbonyl (C=O) groups excluding carboxylic acids is 1. The van der Waals surface area contributed by atoms with E-state index in [1.54, 1.807) is 24.3 Å². The maximum Gasteiger partial charge on any atom is 0.418 e. The molecule has 0 fully saturated rings. The van der Waals surface area contributed by atoms with Crippen LogP contribution in [0.5, 0.6) is 5.75 Å². The van der Waals surface area contributed by atoms with Gasteiger partial charge in [0.1, 0.15) is 17.4 Å². The molecule has 2 N–H and O–H groups in total. The maximum atomic E-state index is 13.0. The zero-order valence-corrected chi connectivity index (χ0v) is 14.5. The van der Waals surface area contributed by atoms with E-state index in [0.717, 1.165) is 17.8 Å². The Morgan fingerprint density at radius 2 is 1.89 bits per heavy atom. The minimum absolute atomic E-state index is 0.265. The lowest BCUT2D eigenvalue weighted by atomic mass is 10.1. The van der Waals surface area contributed by atoms with Crippen LogP contribution in [0.2, 0.25) is 0 Å². The lowest BCUT2D eigenvalue weighted by molar-refractivity contribution is -0.136. The van der Waals surface area contributed by atoms with Crippen molar-refractivity contribution in [3.8, 4) is 11.8 Å². The molecule has 8 heteroatoms. The highest BCUT2D eigenvalue weighted by Gasteiger charge is 2.33. The SMILES string of the molecule is COc1ccc(C)cc1NC(=O)/C(C#N)=C\Nc1ccccc1C(F)(F)F. The number of rotatable bonds is 5. The zero-order valence-electron chi connectivity index (χ0n) is 14.5. The molecule has 0 unspecified atom stereocenters. The summed E-state index contributed by atoms with van der Waals surface area (Å²) in [7, 11) is 1.43. The first-order chi connectivity index (χ1) is 12.8. The van der Waals surface area contributed by atoms with E-state index < -0.39 is 23.2 Å². The van der Waals surface area contributed by atoms with Crippen LogP contribution in [-0.2, 0) is 11.0 Å². The van der Waals surface area contributed by atoms with E-state index in [4.69, 9.17) is 4.74 Å². The molecule has 1 amide bonds. The quantitative estimate of drug-likeness (QED) is 0.597.